The fraction of sp³-hybridized carbons (Fsp3) is 0.171. The van der Waals surface area contributed by atoms with E-state index in [-0.39, 0.29) is 22.9 Å². The Morgan fingerprint density at radius 1 is 0.909 bits per heavy atom. The van der Waals surface area contributed by atoms with E-state index in [4.69, 9.17) is 4.74 Å². The summed E-state index contributed by atoms with van der Waals surface area (Å²) in [6.07, 6.45) is 2.01. The molecular weight excluding hydrogens is 574 g/mol. The molecule has 0 fully saturated rings. The van der Waals surface area contributed by atoms with E-state index in [1.165, 1.54) is 13.2 Å². The summed E-state index contributed by atoms with van der Waals surface area (Å²) >= 11 is 0. The number of nitrogens with zero attached hydrogens (tertiary/aromatic N) is 3. The second-order valence-corrected chi connectivity index (χ2v) is 12.6. The molecular formula is C35H31N3O5S. The Bertz CT molecular complexity index is 1940. The van der Waals surface area contributed by atoms with Gasteiger partial charge >= 0.3 is 5.97 Å². The molecule has 1 aliphatic heterocycles. The molecule has 0 spiro atoms. The highest BCUT2D eigenvalue weighted by Crippen LogP contribution is 2.46. The van der Waals surface area contributed by atoms with Crippen LogP contribution in [0.4, 0.5) is 5.69 Å². The van der Waals surface area contributed by atoms with Crippen LogP contribution in [-0.4, -0.2) is 36.5 Å². The molecule has 1 N–H and O–H groups in total. The Labute approximate surface area is 256 Å². The van der Waals surface area contributed by atoms with Gasteiger partial charge in [0.15, 0.2) is 5.60 Å². The average molecular weight is 606 g/mol. The largest absolute Gasteiger partial charge is 0.512 e. The maximum Gasteiger partial charge on any atom is 0.339 e. The van der Waals surface area contributed by atoms with Crippen molar-refractivity contribution in [2.24, 2.45) is 0 Å². The molecule has 44 heavy (non-hydrogen) atoms. The number of aromatic nitrogens is 2. The van der Waals surface area contributed by atoms with E-state index in [9.17, 15) is 18.3 Å². The van der Waals surface area contributed by atoms with Crippen molar-refractivity contribution in [3.63, 3.8) is 0 Å². The lowest BCUT2D eigenvalue weighted by Gasteiger charge is -2.39. The standard InChI is InChI=1S/C35H31N3O5S/c1-3-29(32-31(39)22-35(43-33(32)40,26-15-6-4-7-16-26)27-17-8-5-9-18-27)24-14-12-19-28(21-24)38(2)44(41,42)34-36-23-25-13-10-11-20-30(25)37-34/h4-21,23,29,39H,3,22H2,1-2H3. The maximum atomic E-state index is 13.8. The second kappa shape index (κ2) is 11.6. The van der Waals surface area contributed by atoms with Crippen LogP contribution in [0.15, 0.2) is 132 Å². The van der Waals surface area contributed by atoms with Crippen LogP contribution in [0.3, 0.4) is 0 Å². The van der Waals surface area contributed by atoms with Gasteiger partial charge in [-0.05, 0) is 30.2 Å². The number of para-hydroxylation sites is 1. The van der Waals surface area contributed by atoms with Crippen LogP contribution in [-0.2, 0) is 25.2 Å². The molecule has 1 unspecified atom stereocenters. The van der Waals surface area contributed by atoms with Gasteiger partial charge in [0.1, 0.15) is 5.76 Å². The van der Waals surface area contributed by atoms with Crippen molar-refractivity contribution in [1.29, 1.82) is 0 Å². The third-order valence-corrected chi connectivity index (χ3v) is 9.74. The lowest BCUT2D eigenvalue weighted by Crippen LogP contribution is -2.40. The predicted octanol–water partition coefficient (Wildman–Crippen LogP) is 6.65. The highest BCUT2D eigenvalue weighted by Gasteiger charge is 2.46. The molecule has 0 aliphatic carbocycles. The van der Waals surface area contributed by atoms with E-state index in [2.05, 4.69) is 9.97 Å². The van der Waals surface area contributed by atoms with E-state index in [0.717, 1.165) is 20.8 Å². The molecule has 1 aliphatic rings. The summed E-state index contributed by atoms with van der Waals surface area (Å²) in [6, 6.07) is 32.9. The zero-order chi connectivity index (χ0) is 30.9. The summed E-state index contributed by atoms with van der Waals surface area (Å²) in [4.78, 5) is 22.2. The minimum absolute atomic E-state index is 0.0586. The maximum absolute atomic E-state index is 13.8. The molecule has 9 heteroatoms. The number of carbonyl (C=O) groups excluding carboxylic acids is 1. The third kappa shape index (κ3) is 5.09. The van der Waals surface area contributed by atoms with E-state index >= 15 is 0 Å². The number of rotatable bonds is 8. The van der Waals surface area contributed by atoms with E-state index < -0.39 is 27.5 Å². The molecule has 0 bridgehead atoms. The summed E-state index contributed by atoms with van der Waals surface area (Å²) in [5, 5.41) is 12.0. The molecule has 4 aromatic carbocycles. The van der Waals surface area contributed by atoms with Crippen LogP contribution in [0.2, 0.25) is 0 Å². The van der Waals surface area contributed by atoms with Crippen molar-refractivity contribution < 1.29 is 23.1 Å². The minimum Gasteiger partial charge on any atom is -0.512 e. The fourth-order valence-corrected chi connectivity index (χ4v) is 6.87. The van der Waals surface area contributed by atoms with Gasteiger partial charge in [-0.3, -0.25) is 4.31 Å². The van der Waals surface area contributed by atoms with Gasteiger partial charge in [0.25, 0.3) is 15.2 Å². The van der Waals surface area contributed by atoms with Crippen molar-refractivity contribution in [2.75, 3.05) is 11.4 Å². The van der Waals surface area contributed by atoms with Crippen LogP contribution in [0.5, 0.6) is 0 Å². The number of aliphatic hydroxyl groups is 1. The Kier molecular flexibility index (Phi) is 7.65. The van der Waals surface area contributed by atoms with Gasteiger partial charge in [-0.1, -0.05) is 97.9 Å². The van der Waals surface area contributed by atoms with E-state index in [1.54, 1.807) is 30.3 Å². The SMILES string of the molecule is CCC(C1=C(O)CC(c2ccccc2)(c2ccccc2)OC1=O)c1cccc(N(C)S(=O)(=O)c2ncc3ccccc3n2)c1. The first-order valence-corrected chi connectivity index (χ1v) is 15.8. The zero-order valence-corrected chi connectivity index (χ0v) is 25.1. The minimum atomic E-state index is -4.10. The van der Waals surface area contributed by atoms with Crippen LogP contribution in [0.1, 0.15) is 42.4 Å². The van der Waals surface area contributed by atoms with Crippen LogP contribution < -0.4 is 4.31 Å². The van der Waals surface area contributed by atoms with Crippen LogP contribution in [0.25, 0.3) is 10.9 Å². The quantitative estimate of drug-likeness (QED) is 0.156. The zero-order valence-electron chi connectivity index (χ0n) is 24.3. The lowest BCUT2D eigenvalue weighted by molar-refractivity contribution is -0.156. The molecule has 0 amide bonds. The molecule has 5 aromatic rings. The highest BCUT2D eigenvalue weighted by molar-refractivity contribution is 7.92. The second-order valence-electron chi connectivity index (χ2n) is 10.7. The van der Waals surface area contributed by atoms with Crippen molar-refractivity contribution >= 4 is 32.6 Å². The molecule has 0 radical (unpaired) electrons. The molecule has 1 atom stereocenters. The number of cyclic esters (lactones) is 1. The Balaban J connectivity index is 1.36. The van der Waals surface area contributed by atoms with Gasteiger partial charge in [0.05, 0.1) is 23.2 Å². The van der Waals surface area contributed by atoms with Crippen LogP contribution >= 0.6 is 0 Å². The van der Waals surface area contributed by atoms with Gasteiger partial charge in [0, 0.05) is 35.7 Å². The first-order valence-electron chi connectivity index (χ1n) is 14.3. The highest BCUT2D eigenvalue weighted by atomic mass is 32.2. The van der Waals surface area contributed by atoms with Gasteiger partial charge in [0.2, 0.25) is 0 Å². The number of hydrogen-bond acceptors (Lipinski definition) is 7. The van der Waals surface area contributed by atoms with Gasteiger partial charge < -0.3 is 9.84 Å². The number of carbonyl (C=O) groups is 1. The molecule has 222 valence electrons. The number of sulfonamides is 1. The Hall–Kier alpha value is -5.02. The number of benzene rings is 4. The van der Waals surface area contributed by atoms with E-state index in [0.29, 0.717) is 23.2 Å². The molecule has 1 aromatic heterocycles. The smallest absolute Gasteiger partial charge is 0.339 e. The number of fused-ring (bicyclic) bond motifs is 1. The Morgan fingerprint density at radius 3 is 2.18 bits per heavy atom. The molecule has 8 nitrogen and oxygen atoms in total. The number of aliphatic hydroxyl groups excluding tert-OH is 1. The predicted molar refractivity (Wildman–Crippen MR) is 169 cm³/mol. The van der Waals surface area contributed by atoms with Gasteiger partial charge in [-0.15, -0.1) is 0 Å². The van der Waals surface area contributed by atoms with Crippen LogP contribution in [0, 0.1) is 0 Å². The molecule has 6 rings (SSSR count). The number of hydrogen-bond donors (Lipinski definition) is 1. The summed E-state index contributed by atoms with van der Waals surface area (Å²) in [7, 11) is -2.66. The fourth-order valence-electron chi connectivity index (χ4n) is 5.83. The van der Waals surface area contributed by atoms with Crippen molar-refractivity contribution in [1.82, 2.24) is 9.97 Å². The number of ether oxygens (including phenoxy) is 1. The Morgan fingerprint density at radius 2 is 1.55 bits per heavy atom. The van der Waals surface area contributed by atoms with Gasteiger partial charge in [-0.2, -0.15) is 8.42 Å². The lowest BCUT2D eigenvalue weighted by atomic mass is 9.77. The first-order chi connectivity index (χ1) is 21.2. The van der Waals surface area contributed by atoms with Crippen molar-refractivity contribution in [3.05, 3.63) is 143 Å². The summed E-state index contributed by atoms with van der Waals surface area (Å²) in [6.45, 7) is 1.91. The molecule has 2 heterocycles. The number of esters is 1. The van der Waals surface area contributed by atoms with Crippen molar-refractivity contribution in [3.8, 4) is 0 Å². The molecule has 0 saturated heterocycles. The summed E-state index contributed by atoms with van der Waals surface area (Å²) < 4.78 is 34.5. The number of anilines is 1. The van der Waals surface area contributed by atoms with Gasteiger partial charge in [-0.25, -0.2) is 14.8 Å². The third-order valence-electron chi connectivity index (χ3n) is 8.15. The topological polar surface area (TPSA) is 110 Å². The summed E-state index contributed by atoms with van der Waals surface area (Å²) in [5.74, 6) is -1.22. The normalized spacial score (nSPS) is 15.5. The first kappa shape index (κ1) is 29.1. The van der Waals surface area contributed by atoms with E-state index in [1.807, 2.05) is 85.8 Å². The monoisotopic (exact) mass is 605 g/mol. The average Bonchev–Trinajstić information content (AvgIpc) is 3.06. The summed E-state index contributed by atoms with van der Waals surface area (Å²) in [5.41, 5.74) is 2.03. The van der Waals surface area contributed by atoms with Crippen molar-refractivity contribution in [2.45, 2.75) is 36.4 Å². The molecule has 0 saturated carbocycles.